The first kappa shape index (κ1) is 14.9. The summed E-state index contributed by atoms with van der Waals surface area (Å²) in [5, 5.41) is 3.27. The van der Waals surface area contributed by atoms with Crippen molar-refractivity contribution < 1.29 is 4.79 Å². The van der Waals surface area contributed by atoms with E-state index in [1.54, 1.807) is 0 Å². The first-order valence-corrected chi connectivity index (χ1v) is 7.61. The molecule has 1 aliphatic rings. The molecule has 4 nitrogen and oxygen atoms in total. The van der Waals surface area contributed by atoms with Gasteiger partial charge in [-0.1, -0.05) is 6.92 Å². The van der Waals surface area contributed by atoms with E-state index in [1.165, 1.54) is 5.69 Å². The van der Waals surface area contributed by atoms with Crippen LogP contribution in [-0.4, -0.2) is 50.1 Å². The minimum Gasteiger partial charge on any atom is -0.372 e. The van der Waals surface area contributed by atoms with Gasteiger partial charge in [0.15, 0.2) is 0 Å². The Morgan fingerprint density at radius 1 is 1.20 bits per heavy atom. The van der Waals surface area contributed by atoms with Gasteiger partial charge < -0.3 is 15.1 Å². The monoisotopic (exact) mass is 275 g/mol. The molecule has 0 spiro atoms. The number of nitrogens with zero attached hydrogens (tertiary/aromatic N) is 2. The number of hydrogen-bond acceptors (Lipinski definition) is 3. The number of benzene rings is 1. The number of carbonyl (C=O) groups excluding carboxylic acids is 1. The molecule has 1 heterocycles. The van der Waals surface area contributed by atoms with Crippen LogP contribution in [0, 0.1) is 0 Å². The Hall–Kier alpha value is -1.55. The number of anilines is 1. The molecule has 0 unspecified atom stereocenters. The summed E-state index contributed by atoms with van der Waals surface area (Å²) < 4.78 is 0. The van der Waals surface area contributed by atoms with E-state index < -0.39 is 0 Å². The third-order valence-corrected chi connectivity index (χ3v) is 3.76. The molecule has 0 bridgehead atoms. The van der Waals surface area contributed by atoms with E-state index in [4.69, 9.17) is 0 Å². The van der Waals surface area contributed by atoms with Crippen molar-refractivity contribution in [3.8, 4) is 0 Å². The van der Waals surface area contributed by atoms with Crippen LogP contribution in [0.25, 0.3) is 0 Å². The maximum atomic E-state index is 12.4. The van der Waals surface area contributed by atoms with E-state index in [0.29, 0.717) is 0 Å². The second kappa shape index (κ2) is 7.29. The normalized spacial score (nSPS) is 15.2. The zero-order valence-corrected chi connectivity index (χ0v) is 12.6. The SMILES string of the molecule is CCCN(CC)c1ccc(C(=O)N2CCNCC2)cc1. The topological polar surface area (TPSA) is 35.6 Å². The van der Waals surface area contributed by atoms with Gasteiger partial charge in [0.25, 0.3) is 5.91 Å². The molecule has 110 valence electrons. The van der Waals surface area contributed by atoms with Crippen LogP contribution >= 0.6 is 0 Å². The van der Waals surface area contributed by atoms with Gasteiger partial charge in [0.05, 0.1) is 0 Å². The van der Waals surface area contributed by atoms with Crippen LogP contribution < -0.4 is 10.2 Å². The zero-order chi connectivity index (χ0) is 14.4. The molecule has 1 amide bonds. The smallest absolute Gasteiger partial charge is 0.253 e. The fourth-order valence-corrected chi connectivity index (χ4v) is 2.61. The highest BCUT2D eigenvalue weighted by Gasteiger charge is 2.17. The molecule has 1 aromatic rings. The summed E-state index contributed by atoms with van der Waals surface area (Å²) in [5.74, 6) is 0.150. The van der Waals surface area contributed by atoms with Crippen molar-refractivity contribution in [3.05, 3.63) is 29.8 Å². The van der Waals surface area contributed by atoms with Crippen molar-refractivity contribution in [1.29, 1.82) is 0 Å². The highest BCUT2D eigenvalue weighted by molar-refractivity contribution is 5.94. The number of rotatable bonds is 5. The minimum absolute atomic E-state index is 0.150. The summed E-state index contributed by atoms with van der Waals surface area (Å²) in [6, 6.07) is 8.04. The van der Waals surface area contributed by atoms with Crippen LogP contribution in [0.3, 0.4) is 0 Å². The summed E-state index contributed by atoms with van der Waals surface area (Å²) in [4.78, 5) is 16.6. The van der Waals surface area contributed by atoms with E-state index in [0.717, 1.165) is 51.3 Å². The quantitative estimate of drug-likeness (QED) is 0.892. The summed E-state index contributed by atoms with van der Waals surface area (Å²) >= 11 is 0. The highest BCUT2D eigenvalue weighted by Crippen LogP contribution is 2.16. The van der Waals surface area contributed by atoms with E-state index in [9.17, 15) is 4.79 Å². The first-order valence-electron chi connectivity index (χ1n) is 7.61. The summed E-state index contributed by atoms with van der Waals surface area (Å²) in [6.45, 7) is 9.80. The lowest BCUT2D eigenvalue weighted by Gasteiger charge is -2.28. The Labute approximate surface area is 121 Å². The van der Waals surface area contributed by atoms with Gasteiger partial charge in [0.2, 0.25) is 0 Å². The standard InChI is InChI=1S/C16H25N3O/c1-3-11-18(4-2)15-7-5-14(6-8-15)16(20)19-12-9-17-10-13-19/h5-8,17H,3-4,9-13H2,1-2H3. The molecule has 0 saturated carbocycles. The van der Waals surface area contributed by atoms with E-state index in [-0.39, 0.29) is 5.91 Å². The van der Waals surface area contributed by atoms with Crippen LogP contribution in [-0.2, 0) is 0 Å². The third-order valence-electron chi connectivity index (χ3n) is 3.76. The van der Waals surface area contributed by atoms with E-state index in [1.807, 2.05) is 17.0 Å². The molecule has 1 aliphatic heterocycles. The largest absolute Gasteiger partial charge is 0.372 e. The Morgan fingerprint density at radius 2 is 1.85 bits per heavy atom. The Balaban J connectivity index is 2.05. The van der Waals surface area contributed by atoms with E-state index in [2.05, 4.69) is 36.2 Å². The van der Waals surface area contributed by atoms with Gasteiger partial charge in [-0.25, -0.2) is 0 Å². The van der Waals surface area contributed by atoms with Crippen molar-refractivity contribution in [3.63, 3.8) is 0 Å². The average molecular weight is 275 g/mol. The van der Waals surface area contributed by atoms with Crippen molar-refractivity contribution in [2.45, 2.75) is 20.3 Å². The average Bonchev–Trinajstić information content (AvgIpc) is 2.53. The molecule has 0 atom stereocenters. The third kappa shape index (κ3) is 3.51. The predicted octanol–water partition coefficient (Wildman–Crippen LogP) is 1.97. The maximum Gasteiger partial charge on any atom is 0.253 e. The lowest BCUT2D eigenvalue weighted by Crippen LogP contribution is -2.46. The molecule has 20 heavy (non-hydrogen) atoms. The van der Waals surface area contributed by atoms with Crippen molar-refractivity contribution >= 4 is 11.6 Å². The molecular weight excluding hydrogens is 250 g/mol. The number of amides is 1. The van der Waals surface area contributed by atoms with Gasteiger partial charge in [-0.15, -0.1) is 0 Å². The minimum atomic E-state index is 0.150. The van der Waals surface area contributed by atoms with Crippen LogP contribution in [0.4, 0.5) is 5.69 Å². The summed E-state index contributed by atoms with van der Waals surface area (Å²) in [7, 11) is 0. The van der Waals surface area contributed by atoms with Crippen LogP contribution in [0.5, 0.6) is 0 Å². The van der Waals surface area contributed by atoms with Crippen molar-refractivity contribution in [2.75, 3.05) is 44.2 Å². The molecule has 2 rings (SSSR count). The molecule has 0 radical (unpaired) electrons. The second-order valence-corrected chi connectivity index (χ2v) is 5.17. The van der Waals surface area contributed by atoms with Crippen LogP contribution in [0.2, 0.25) is 0 Å². The Kier molecular flexibility index (Phi) is 5.41. The highest BCUT2D eigenvalue weighted by atomic mass is 16.2. The van der Waals surface area contributed by atoms with Gasteiger partial charge in [0.1, 0.15) is 0 Å². The molecule has 1 N–H and O–H groups in total. The maximum absolute atomic E-state index is 12.4. The molecular formula is C16H25N3O. The first-order chi connectivity index (χ1) is 9.76. The van der Waals surface area contributed by atoms with Gasteiger partial charge in [0, 0.05) is 50.5 Å². The predicted molar refractivity (Wildman–Crippen MR) is 83.4 cm³/mol. The molecule has 0 aliphatic carbocycles. The summed E-state index contributed by atoms with van der Waals surface area (Å²) in [6.07, 6.45) is 1.13. The second-order valence-electron chi connectivity index (χ2n) is 5.17. The molecule has 1 fully saturated rings. The van der Waals surface area contributed by atoms with Gasteiger partial charge in [-0.05, 0) is 37.6 Å². The van der Waals surface area contributed by atoms with Crippen LogP contribution in [0.15, 0.2) is 24.3 Å². The Morgan fingerprint density at radius 3 is 2.40 bits per heavy atom. The van der Waals surface area contributed by atoms with Crippen LogP contribution in [0.1, 0.15) is 30.6 Å². The molecule has 4 heteroatoms. The lowest BCUT2D eigenvalue weighted by atomic mass is 10.1. The van der Waals surface area contributed by atoms with Gasteiger partial charge >= 0.3 is 0 Å². The number of piperazine rings is 1. The number of hydrogen-bond donors (Lipinski definition) is 1. The van der Waals surface area contributed by atoms with Gasteiger partial charge in [-0.3, -0.25) is 4.79 Å². The summed E-state index contributed by atoms with van der Waals surface area (Å²) in [5.41, 5.74) is 1.99. The zero-order valence-electron chi connectivity index (χ0n) is 12.6. The molecule has 1 saturated heterocycles. The molecule has 1 aromatic carbocycles. The number of nitrogens with one attached hydrogen (secondary N) is 1. The fraction of sp³-hybridized carbons (Fsp3) is 0.562. The fourth-order valence-electron chi connectivity index (χ4n) is 2.61. The van der Waals surface area contributed by atoms with Crippen molar-refractivity contribution in [2.24, 2.45) is 0 Å². The number of carbonyl (C=O) groups is 1. The van der Waals surface area contributed by atoms with Gasteiger partial charge in [-0.2, -0.15) is 0 Å². The molecule has 0 aromatic heterocycles. The van der Waals surface area contributed by atoms with E-state index >= 15 is 0 Å². The Bertz CT molecular complexity index is 424. The van der Waals surface area contributed by atoms with Crippen molar-refractivity contribution in [1.82, 2.24) is 10.2 Å². The lowest BCUT2D eigenvalue weighted by molar-refractivity contribution is 0.0736.